The fourth-order valence-electron chi connectivity index (χ4n) is 1.92. The summed E-state index contributed by atoms with van der Waals surface area (Å²) in [4.78, 5) is 0. The highest BCUT2D eigenvalue weighted by atomic mass is 79.9. The number of benzene rings is 1. The second kappa shape index (κ2) is 7.27. The molecule has 4 heteroatoms. The van der Waals surface area contributed by atoms with E-state index in [0.29, 0.717) is 0 Å². The van der Waals surface area contributed by atoms with Crippen molar-refractivity contribution in [1.82, 2.24) is 5.32 Å². The maximum atomic E-state index is 5.75. The summed E-state index contributed by atoms with van der Waals surface area (Å²) in [6.45, 7) is 8.39. The standard InChI is InChI=1S/C15H25BrN2O/c1-11(17)7-8-18-10-15(2,3)12-5-6-14(19-4)13(16)9-12/h5-6,9,11,18H,7-8,10,17H2,1-4H3. The number of methoxy groups -OCH3 is 1. The van der Waals surface area contributed by atoms with E-state index in [2.05, 4.69) is 47.2 Å². The van der Waals surface area contributed by atoms with Gasteiger partial charge < -0.3 is 15.8 Å². The zero-order valence-corrected chi connectivity index (χ0v) is 13.9. The van der Waals surface area contributed by atoms with Gasteiger partial charge in [-0.2, -0.15) is 0 Å². The van der Waals surface area contributed by atoms with Gasteiger partial charge in [-0.1, -0.05) is 19.9 Å². The molecule has 0 saturated heterocycles. The molecule has 0 aliphatic heterocycles. The molecule has 1 atom stereocenters. The van der Waals surface area contributed by atoms with Gasteiger partial charge in [0.2, 0.25) is 0 Å². The fraction of sp³-hybridized carbons (Fsp3) is 0.600. The van der Waals surface area contributed by atoms with Crippen LogP contribution >= 0.6 is 15.9 Å². The van der Waals surface area contributed by atoms with E-state index in [1.54, 1.807) is 7.11 Å². The predicted molar refractivity (Wildman–Crippen MR) is 84.9 cm³/mol. The highest BCUT2D eigenvalue weighted by Gasteiger charge is 2.21. The molecule has 0 fully saturated rings. The molecule has 0 saturated carbocycles. The molecule has 0 spiro atoms. The van der Waals surface area contributed by atoms with Gasteiger partial charge in [0.05, 0.1) is 11.6 Å². The SMILES string of the molecule is COc1ccc(C(C)(C)CNCCC(C)N)cc1Br. The minimum absolute atomic E-state index is 0.0760. The predicted octanol–water partition coefficient (Wildman–Crippen LogP) is 3.06. The Labute approximate surface area is 125 Å². The Morgan fingerprint density at radius 1 is 1.42 bits per heavy atom. The van der Waals surface area contributed by atoms with Crippen molar-refractivity contribution in [1.29, 1.82) is 0 Å². The first-order chi connectivity index (χ1) is 8.86. The van der Waals surface area contributed by atoms with Crippen LogP contribution in [0.4, 0.5) is 0 Å². The van der Waals surface area contributed by atoms with Gasteiger partial charge in [-0.05, 0) is 53.5 Å². The molecular formula is C15H25BrN2O. The average Bonchev–Trinajstić information content (AvgIpc) is 2.34. The van der Waals surface area contributed by atoms with Crippen LogP contribution in [0.3, 0.4) is 0 Å². The summed E-state index contributed by atoms with van der Waals surface area (Å²) >= 11 is 3.54. The third-order valence-corrected chi connectivity index (χ3v) is 3.90. The van der Waals surface area contributed by atoms with Gasteiger partial charge in [0.1, 0.15) is 5.75 Å². The Balaban J connectivity index is 2.63. The van der Waals surface area contributed by atoms with Gasteiger partial charge in [0, 0.05) is 18.0 Å². The summed E-state index contributed by atoms with van der Waals surface area (Å²) in [5, 5.41) is 3.48. The molecule has 0 amide bonds. The lowest BCUT2D eigenvalue weighted by Gasteiger charge is -2.26. The molecular weight excluding hydrogens is 304 g/mol. The van der Waals surface area contributed by atoms with Crippen molar-refractivity contribution >= 4 is 15.9 Å². The summed E-state index contributed by atoms with van der Waals surface area (Å²) in [6, 6.07) is 6.51. The molecule has 0 heterocycles. The van der Waals surface area contributed by atoms with Crippen molar-refractivity contribution in [3.05, 3.63) is 28.2 Å². The molecule has 3 N–H and O–H groups in total. The highest BCUT2D eigenvalue weighted by molar-refractivity contribution is 9.10. The number of hydrogen-bond donors (Lipinski definition) is 2. The van der Waals surface area contributed by atoms with E-state index in [-0.39, 0.29) is 11.5 Å². The van der Waals surface area contributed by atoms with Gasteiger partial charge in [-0.15, -0.1) is 0 Å². The zero-order chi connectivity index (χ0) is 14.5. The second-order valence-electron chi connectivity index (χ2n) is 5.68. The Kier molecular flexibility index (Phi) is 6.30. The number of nitrogens with one attached hydrogen (secondary N) is 1. The maximum Gasteiger partial charge on any atom is 0.133 e. The largest absolute Gasteiger partial charge is 0.496 e. The monoisotopic (exact) mass is 328 g/mol. The van der Waals surface area contributed by atoms with E-state index in [1.165, 1.54) is 5.56 Å². The van der Waals surface area contributed by atoms with Crippen LogP contribution in [0.2, 0.25) is 0 Å². The van der Waals surface area contributed by atoms with Crippen LogP contribution in [0, 0.1) is 0 Å². The quantitative estimate of drug-likeness (QED) is 0.756. The zero-order valence-electron chi connectivity index (χ0n) is 12.3. The van der Waals surface area contributed by atoms with Gasteiger partial charge in [0.25, 0.3) is 0 Å². The highest BCUT2D eigenvalue weighted by Crippen LogP contribution is 2.31. The molecule has 0 radical (unpaired) electrons. The lowest BCUT2D eigenvalue weighted by molar-refractivity contribution is 0.410. The second-order valence-corrected chi connectivity index (χ2v) is 6.53. The first kappa shape index (κ1) is 16.5. The van der Waals surface area contributed by atoms with Crippen LogP contribution in [-0.4, -0.2) is 26.2 Å². The number of hydrogen-bond acceptors (Lipinski definition) is 3. The van der Waals surface area contributed by atoms with Crippen LogP contribution in [0.15, 0.2) is 22.7 Å². The molecule has 0 aliphatic rings. The fourth-order valence-corrected chi connectivity index (χ4v) is 2.46. The van der Waals surface area contributed by atoms with Crippen LogP contribution < -0.4 is 15.8 Å². The van der Waals surface area contributed by atoms with E-state index in [0.717, 1.165) is 29.7 Å². The van der Waals surface area contributed by atoms with Gasteiger partial charge in [-0.3, -0.25) is 0 Å². The third-order valence-electron chi connectivity index (χ3n) is 3.28. The van der Waals surface area contributed by atoms with Gasteiger partial charge in [-0.25, -0.2) is 0 Å². The Morgan fingerprint density at radius 2 is 2.11 bits per heavy atom. The Bertz CT molecular complexity index is 405. The van der Waals surface area contributed by atoms with Crippen molar-refractivity contribution in [3.8, 4) is 5.75 Å². The van der Waals surface area contributed by atoms with Crippen LogP contribution in [-0.2, 0) is 5.41 Å². The molecule has 19 heavy (non-hydrogen) atoms. The topological polar surface area (TPSA) is 47.3 Å². The molecule has 1 rings (SSSR count). The Morgan fingerprint density at radius 3 is 2.63 bits per heavy atom. The van der Waals surface area contributed by atoms with Crippen LogP contribution in [0.25, 0.3) is 0 Å². The lowest BCUT2D eigenvalue weighted by Crippen LogP contribution is -2.35. The van der Waals surface area contributed by atoms with E-state index >= 15 is 0 Å². The third kappa shape index (κ3) is 5.13. The molecule has 0 aromatic heterocycles. The first-order valence-electron chi connectivity index (χ1n) is 6.67. The van der Waals surface area contributed by atoms with E-state index in [4.69, 9.17) is 10.5 Å². The molecule has 0 bridgehead atoms. The number of nitrogens with two attached hydrogens (primary N) is 1. The summed E-state index contributed by atoms with van der Waals surface area (Å²) in [7, 11) is 1.68. The minimum atomic E-state index is 0.0760. The molecule has 3 nitrogen and oxygen atoms in total. The summed E-state index contributed by atoms with van der Waals surface area (Å²) in [6.07, 6.45) is 1.00. The van der Waals surface area contributed by atoms with E-state index < -0.39 is 0 Å². The van der Waals surface area contributed by atoms with Crippen molar-refractivity contribution in [3.63, 3.8) is 0 Å². The van der Waals surface area contributed by atoms with Gasteiger partial charge in [0.15, 0.2) is 0 Å². The lowest BCUT2D eigenvalue weighted by atomic mass is 9.84. The molecule has 1 aromatic rings. The molecule has 0 aliphatic carbocycles. The number of ether oxygens (including phenoxy) is 1. The average molecular weight is 329 g/mol. The first-order valence-corrected chi connectivity index (χ1v) is 7.46. The summed E-state index contributed by atoms with van der Waals surface area (Å²) in [5.74, 6) is 0.865. The van der Waals surface area contributed by atoms with Crippen molar-refractivity contribution in [2.24, 2.45) is 5.73 Å². The smallest absolute Gasteiger partial charge is 0.133 e. The van der Waals surface area contributed by atoms with Crippen LogP contribution in [0.1, 0.15) is 32.8 Å². The molecule has 108 valence electrons. The van der Waals surface area contributed by atoms with E-state index in [9.17, 15) is 0 Å². The maximum absolute atomic E-state index is 5.75. The van der Waals surface area contributed by atoms with Crippen LogP contribution in [0.5, 0.6) is 5.75 Å². The minimum Gasteiger partial charge on any atom is -0.496 e. The normalized spacial score (nSPS) is 13.4. The number of rotatable bonds is 7. The van der Waals surface area contributed by atoms with Gasteiger partial charge >= 0.3 is 0 Å². The van der Waals surface area contributed by atoms with Crippen molar-refractivity contribution < 1.29 is 4.74 Å². The summed E-state index contributed by atoms with van der Waals surface area (Å²) in [5.41, 5.74) is 7.11. The number of halogens is 1. The summed E-state index contributed by atoms with van der Waals surface area (Å²) < 4.78 is 6.26. The van der Waals surface area contributed by atoms with E-state index in [1.807, 2.05) is 13.0 Å². The van der Waals surface area contributed by atoms with Crippen molar-refractivity contribution in [2.75, 3.05) is 20.2 Å². The molecule has 1 unspecified atom stereocenters. The molecule has 1 aromatic carbocycles. The van der Waals surface area contributed by atoms with Crippen molar-refractivity contribution in [2.45, 2.75) is 38.6 Å². The Hall–Kier alpha value is -0.580.